The molecule has 0 fully saturated rings. The minimum Gasteiger partial charge on any atom is -0.382 e. The SMILES string of the molecule is CCSCc1c(C)ccc2[nH]nc(N)c12. The summed E-state index contributed by atoms with van der Waals surface area (Å²) in [6.07, 6.45) is 0. The number of nitrogens with one attached hydrogen (secondary N) is 1. The van der Waals surface area contributed by atoms with Crippen LogP contribution in [0.3, 0.4) is 0 Å². The van der Waals surface area contributed by atoms with E-state index in [1.54, 1.807) is 0 Å². The Balaban J connectivity index is 2.56. The number of nitrogens with zero attached hydrogens (tertiary/aromatic N) is 1. The Labute approximate surface area is 93.4 Å². The van der Waals surface area contributed by atoms with Gasteiger partial charge < -0.3 is 5.73 Å². The van der Waals surface area contributed by atoms with Crippen molar-refractivity contribution in [3.05, 3.63) is 23.3 Å². The van der Waals surface area contributed by atoms with E-state index in [1.807, 2.05) is 17.8 Å². The zero-order valence-electron chi connectivity index (χ0n) is 9.00. The molecule has 0 atom stereocenters. The number of aromatic amines is 1. The van der Waals surface area contributed by atoms with Crippen molar-refractivity contribution in [3.63, 3.8) is 0 Å². The monoisotopic (exact) mass is 221 g/mol. The van der Waals surface area contributed by atoms with Gasteiger partial charge in [0.25, 0.3) is 0 Å². The number of fused-ring (bicyclic) bond motifs is 1. The van der Waals surface area contributed by atoms with Gasteiger partial charge >= 0.3 is 0 Å². The van der Waals surface area contributed by atoms with Gasteiger partial charge in [-0.05, 0) is 29.9 Å². The first-order chi connectivity index (χ1) is 7.24. The molecule has 0 bridgehead atoms. The highest BCUT2D eigenvalue weighted by atomic mass is 32.2. The molecule has 4 heteroatoms. The number of benzene rings is 1. The summed E-state index contributed by atoms with van der Waals surface area (Å²) in [5.41, 5.74) is 9.50. The molecule has 0 aliphatic carbocycles. The van der Waals surface area contributed by atoms with E-state index >= 15 is 0 Å². The molecule has 0 spiro atoms. The fraction of sp³-hybridized carbons (Fsp3) is 0.364. The van der Waals surface area contributed by atoms with Crippen LogP contribution in [0.4, 0.5) is 5.82 Å². The molecule has 0 unspecified atom stereocenters. The molecule has 1 aromatic heterocycles. The van der Waals surface area contributed by atoms with Crippen LogP contribution in [0, 0.1) is 6.92 Å². The van der Waals surface area contributed by atoms with Gasteiger partial charge in [0.1, 0.15) is 0 Å². The third-order valence-corrected chi connectivity index (χ3v) is 3.45. The number of aryl methyl sites for hydroxylation is 1. The maximum absolute atomic E-state index is 5.87. The van der Waals surface area contributed by atoms with Gasteiger partial charge in [0.2, 0.25) is 0 Å². The second kappa shape index (κ2) is 4.14. The van der Waals surface area contributed by atoms with Crippen LogP contribution in [0.25, 0.3) is 10.9 Å². The molecule has 3 N–H and O–H groups in total. The first-order valence-corrected chi connectivity index (χ1v) is 6.19. The lowest BCUT2D eigenvalue weighted by molar-refractivity contribution is 1.13. The number of nitrogens with two attached hydrogens (primary N) is 1. The van der Waals surface area contributed by atoms with E-state index < -0.39 is 0 Å². The minimum absolute atomic E-state index is 0.611. The molecule has 1 aromatic carbocycles. The Kier molecular flexibility index (Phi) is 2.86. The zero-order valence-corrected chi connectivity index (χ0v) is 9.82. The molecule has 1 heterocycles. The summed E-state index contributed by atoms with van der Waals surface area (Å²) in [4.78, 5) is 0. The van der Waals surface area contributed by atoms with Crippen molar-refractivity contribution in [3.8, 4) is 0 Å². The van der Waals surface area contributed by atoms with Gasteiger partial charge in [-0.3, -0.25) is 5.10 Å². The fourth-order valence-corrected chi connectivity index (χ4v) is 2.48. The molecule has 80 valence electrons. The van der Waals surface area contributed by atoms with Gasteiger partial charge in [-0.25, -0.2) is 0 Å². The molecular formula is C11H15N3S. The summed E-state index contributed by atoms with van der Waals surface area (Å²) in [6, 6.07) is 4.15. The average Bonchev–Trinajstić information content (AvgIpc) is 2.60. The Morgan fingerprint density at radius 1 is 1.47 bits per heavy atom. The molecular weight excluding hydrogens is 206 g/mol. The van der Waals surface area contributed by atoms with E-state index in [1.165, 1.54) is 11.1 Å². The van der Waals surface area contributed by atoms with Gasteiger partial charge in [0.15, 0.2) is 5.82 Å². The standard InChI is InChI=1S/C11H15N3S/c1-3-15-6-8-7(2)4-5-9-10(8)11(12)14-13-9/h4-5H,3,6H2,1-2H3,(H3,12,13,14). The van der Waals surface area contributed by atoms with Crippen LogP contribution in [0.15, 0.2) is 12.1 Å². The fourth-order valence-electron chi connectivity index (χ4n) is 1.70. The van der Waals surface area contributed by atoms with E-state index in [9.17, 15) is 0 Å². The number of thioether (sulfide) groups is 1. The predicted molar refractivity (Wildman–Crippen MR) is 67.1 cm³/mol. The molecule has 15 heavy (non-hydrogen) atoms. The lowest BCUT2D eigenvalue weighted by Crippen LogP contribution is -1.92. The van der Waals surface area contributed by atoms with E-state index in [2.05, 4.69) is 30.1 Å². The number of H-pyrrole nitrogens is 1. The van der Waals surface area contributed by atoms with Gasteiger partial charge in [-0.1, -0.05) is 13.0 Å². The highest BCUT2D eigenvalue weighted by Gasteiger charge is 2.09. The van der Waals surface area contributed by atoms with Gasteiger partial charge in [0, 0.05) is 11.1 Å². The Hall–Kier alpha value is -1.16. The molecule has 0 radical (unpaired) electrons. The summed E-state index contributed by atoms with van der Waals surface area (Å²) >= 11 is 1.91. The molecule has 0 aliphatic rings. The predicted octanol–water partition coefficient (Wildman–Crippen LogP) is 2.71. The minimum atomic E-state index is 0.611. The summed E-state index contributed by atoms with van der Waals surface area (Å²) < 4.78 is 0. The van der Waals surface area contributed by atoms with Crippen LogP contribution in [0.1, 0.15) is 18.1 Å². The largest absolute Gasteiger partial charge is 0.382 e. The van der Waals surface area contributed by atoms with Crippen LogP contribution < -0.4 is 5.73 Å². The van der Waals surface area contributed by atoms with Crippen molar-refractivity contribution < 1.29 is 0 Å². The number of aromatic nitrogens is 2. The normalized spacial score (nSPS) is 11.1. The molecule has 0 aliphatic heterocycles. The lowest BCUT2D eigenvalue weighted by atomic mass is 10.1. The highest BCUT2D eigenvalue weighted by Crippen LogP contribution is 2.28. The first kappa shape index (κ1) is 10.4. The first-order valence-electron chi connectivity index (χ1n) is 5.03. The van der Waals surface area contributed by atoms with E-state index in [4.69, 9.17) is 5.73 Å². The summed E-state index contributed by atoms with van der Waals surface area (Å²) in [5, 5.41) is 8.09. The Morgan fingerprint density at radius 2 is 2.27 bits per heavy atom. The third kappa shape index (κ3) is 1.81. The molecule has 3 nitrogen and oxygen atoms in total. The van der Waals surface area contributed by atoms with E-state index in [0.717, 1.165) is 22.4 Å². The van der Waals surface area contributed by atoms with Crippen LogP contribution in [-0.4, -0.2) is 16.0 Å². The van der Waals surface area contributed by atoms with Crippen molar-refractivity contribution in [1.29, 1.82) is 0 Å². The highest BCUT2D eigenvalue weighted by molar-refractivity contribution is 7.98. The van der Waals surface area contributed by atoms with Crippen molar-refractivity contribution in [2.45, 2.75) is 19.6 Å². The van der Waals surface area contributed by atoms with E-state index in [0.29, 0.717) is 5.82 Å². The summed E-state index contributed by atoms with van der Waals surface area (Å²) in [7, 11) is 0. The third-order valence-electron chi connectivity index (χ3n) is 2.55. The van der Waals surface area contributed by atoms with Crippen molar-refractivity contribution in [2.24, 2.45) is 0 Å². The Morgan fingerprint density at radius 3 is 3.00 bits per heavy atom. The van der Waals surface area contributed by atoms with Gasteiger partial charge in [-0.2, -0.15) is 16.9 Å². The number of rotatable bonds is 3. The quantitative estimate of drug-likeness (QED) is 0.838. The Bertz CT molecular complexity index is 476. The van der Waals surface area contributed by atoms with Crippen molar-refractivity contribution in [1.82, 2.24) is 10.2 Å². The number of hydrogen-bond acceptors (Lipinski definition) is 3. The molecule has 2 aromatic rings. The van der Waals surface area contributed by atoms with Crippen molar-refractivity contribution in [2.75, 3.05) is 11.5 Å². The maximum atomic E-state index is 5.87. The smallest absolute Gasteiger partial charge is 0.153 e. The summed E-state index contributed by atoms with van der Waals surface area (Å²) in [5.74, 6) is 2.73. The second-order valence-electron chi connectivity index (χ2n) is 3.53. The van der Waals surface area contributed by atoms with Crippen molar-refractivity contribution >= 4 is 28.5 Å². The topological polar surface area (TPSA) is 54.7 Å². The molecule has 0 saturated carbocycles. The molecule has 0 amide bonds. The van der Waals surface area contributed by atoms with Crippen LogP contribution in [0.2, 0.25) is 0 Å². The van der Waals surface area contributed by atoms with Gasteiger partial charge in [0.05, 0.1) is 5.52 Å². The van der Waals surface area contributed by atoms with Gasteiger partial charge in [-0.15, -0.1) is 0 Å². The lowest BCUT2D eigenvalue weighted by Gasteiger charge is -2.06. The summed E-state index contributed by atoms with van der Waals surface area (Å²) in [6.45, 7) is 4.29. The zero-order chi connectivity index (χ0) is 10.8. The van der Waals surface area contributed by atoms with E-state index in [-0.39, 0.29) is 0 Å². The number of hydrogen-bond donors (Lipinski definition) is 2. The maximum Gasteiger partial charge on any atom is 0.153 e. The molecule has 2 rings (SSSR count). The average molecular weight is 221 g/mol. The number of nitrogen functional groups attached to an aromatic ring is 1. The van der Waals surface area contributed by atoms with Crippen LogP contribution >= 0.6 is 11.8 Å². The van der Waals surface area contributed by atoms with Crippen LogP contribution in [0.5, 0.6) is 0 Å². The molecule has 0 saturated heterocycles. The number of anilines is 1. The second-order valence-corrected chi connectivity index (χ2v) is 4.80. The van der Waals surface area contributed by atoms with Crippen LogP contribution in [-0.2, 0) is 5.75 Å².